The van der Waals surface area contributed by atoms with Gasteiger partial charge in [0.2, 0.25) is 0 Å². The first kappa shape index (κ1) is 12.4. The van der Waals surface area contributed by atoms with Crippen molar-refractivity contribution in [2.75, 3.05) is 0 Å². The molecule has 3 unspecified atom stereocenters. The van der Waals surface area contributed by atoms with Gasteiger partial charge in [0.15, 0.2) is 0 Å². The van der Waals surface area contributed by atoms with Gasteiger partial charge in [-0.25, -0.2) is 0 Å². The summed E-state index contributed by atoms with van der Waals surface area (Å²) in [5.74, 6) is 0.913. The Morgan fingerprint density at radius 2 is 1.74 bits per heavy atom. The van der Waals surface area contributed by atoms with Crippen molar-refractivity contribution in [2.24, 2.45) is 5.92 Å². The van der Waals surface area contributed by atoms with E-state index in [9.17, 15) is 5.11 Å². The maximum atomic E-state index is 10.6. The fourth-order valence-corrected chi connectivity index (χ4v) is 3.02. The van der Waals surface area contributed by atoms with Crippen molar-refractivity contribution in [3.05, 3.63) is 71.3 Å². The Morgan fingerprint density at radius 3 is 2.47 bits per heavy atom. The molecule has 0 spiro atoms. The quantitative estimate of drug-likeness (QED) is 0.869. The summed E-state index contributed by atoms with van der Waals surface area (Å²) in [5, 5.41) is 10.6. The van der Waals surface area contributed by atoms with Crippen molar-refractivity contribution in [3.8, 4) is 0 Å². The van der Waals surface area contributed by atoms with Crippen LogP contribution in [0.25, 0.3) is 0 Å². The third-order valence-electron chi connectivity index (χ3n) is 4.23. The number of aliphatic hydroxyl groups is 1. The van der Waals surface area contributed by atoms with Crippen LogP contribution in [-0.4, -0.2) is 5.11 Å². The van der Waals surface area contributed by atoms with E-state index >= 15 is 0 Å². The van der Waals surface area contributed by atoms with Gasteiger partial charge in [0.25, 0.3) is 0 Å². The summed E-state index contributed by atoms with van der Waals surface area (Å²) in [6, 6.07) is 18.8. The van der Waals surface area contributed by atoms with Gasteiger partial charge < -0.3 is 5.11 Å². The molecule has 0 bridgehead atoms. The number of hydrogen-bond donors (Lipinski definition) is 1. The lowest BCUT2D eigenvalue weighted by Crippen LogP contribution is -2.04. The molecule has 0 aromatic heterocycles. The Hall–Kier alpha value is -1.60. The van der Waals surface area contributed by atoms with Crippen LogP contribution in [0.5, 0.6) is 0 Å². The number of rotatable bonds is 4. The minimum atomic E-state index is -0.318. The maximum absolute atomic E-state index is 10.6. The Bertz CT molecular complexity index is 547. The van der Waals surface area contributed by atoms with Crippen LogP contribution >= 0.6 is 0 Å². The van der Waals surface area contributed by atoms with E-state index in [0.29, 0.717) is 11.8 Å². The predicted octanol–water partition coefficient (Wildman–Crippen LogP) is 4.09. The molecule has 1 fully saturated rings. The first-order chi connectivity index (χ1) is 9.31. The van der Waals surface area contributed by atoms with Crippen LogP contribution in [0.15, 0.2) is 54.6 Å². The van der Waals surface area contributed by atoms with E-state index < -0.39 is 0 Å². The lowest BCUT2D eigenvalue weighted by Gasteiger charge is -2.15. The lowest BCUT2D eigenvalue weighted by atomic mass is 9.96. The summed E-state index contributed by atoms with van der Waals surface area (Å²) in [6.07, 6.45) is 1.76. The molecule has 0 radical (unpaired) electrons. The molecular formula is C18H20O. The van der Waals surface area contributed by atoms with E-state index in [4.69, 9.17) is 0 Å². The Morgan fingerprint density at radius 1 is 1.05 bits per heavy atom. The Balaban J connectivity index is 1.78. The van der Waals surface area contributed by atoms with Crippen molar-refractivity contribution in [1.82, 2.24) is 0 Å². The van der Waals surface area contributed by atoms with Crippen molar-refractivity contribution in [2.45, 2.75) is 31.8 Å². The average Bonchev–Trinajstić information content (AvgIpc) is 3.28. The van der Waals surface area contributed by atoms with E-state index in [1.165, 1.54) is 11.1 Å². The minimum absolute atomic E-state index is 0.318. The van der Waals surface area contributed by atoms with Crippen molar-refractivity contribution in [1.29, 1.82) is 0 Å². The largest absolute Gasteiger partial charge is 0.388 e. The highest BCUT2D eigenvalue weighted by Crippen LogP contribution is 2.54. The van der Waals surface area contributed by atoms with Crippen molar-refractivity contribution >= 4 is 0 Å². The molecule has 2 aromatic rings. The van der Waals surface area contributed by atoms with Crippen molar-refractivity contribution in [3.63, 3.8) is 0 Å². The smallest absolute Gasteiger partial charge is 0.0826 e. The summed E-state index contributed by atoms with van der Waals surface area (Å²) in [5.41, 5.74) is 3.75. The van der Waals surface area contributed by atoms with Crippen LogP contribution in [0.3, 0.4) is 0 Å². The molecule has 0 saturated heterocycles. The zero-order valence-electron chi connectivity index (χ0n) is 11.3. The van der Waals surface area contributed by atoms with Gasteiger partial charge >= 0.3 is 0 Å². The molecule has 1 saturated carbocycles. The Kier molecular flexibility index (Phi) is 3.39. The fourth-order valence-electron chi connectivity index (χ4n) is 3.02. The molecule has 1 N–H and O–H groups in total. The zero-order chi connectivity index (χ0) is 13.2. The molecule has 19 heavy (non-hydrogen) atoms. The third kappa shape index (κ3) is 2.43. The SMILES string of the molecule is CCc1ccccc1C(O)C1CC1c1ccccc1. The summed E-state index contributed by atoms with van der Waals surface area (Å²) >= 11 is 0. The molecule has 0 heterocycles. The highest BCUT2D eigenvalue weighted by molar-refractivity contribution is 5.33. The van der Waals surface area contributed by atoms with Crippen molar-refractivity contribution < 1.29 is 5.11 Å². The van der Waals surface area contributed by atoms with Gasteiger partial charge in [-0.05, 0) is 41.4 Å². The number of hydrogen-bond acceptors (Lipinski definition) is 1. The molecule has 2 aromatic carbocycles. The van der Waals surface area contributed by atoms with Gasteiger partial charge in [0, 0.05) is 0 Å². The second-order valence-electron chi connectivity index (χ2n) is 5.41. The fraction of sp³-hybridized carbons (Fsp3) is 0.333. The molecule has 3 atom stereocenters. The Labute approximate surface area is 114 Å². The van der Waals surface area contributed by atoms with Crippen LogP contribution < -0.4 is 0 Å². The van der Waals surface area contributed by atoms with Crippen LogP contribution in [-0.2, 0) is 6.42 Å². The number of aryl methyl sites for hydroxylation is 1. The number of benzene rings is 2. The molecule has 3 rings (SSSR count). The van der Waals surface area contributed by atoms with Gasteiger partial charge in [-0.2, -0.15) is 0 Å². The van der Waals surface area contributed by atoms with E-state index in [1.807, 2.05) is 12.1 Å². The first-order valence-electron chi connectivity index (χ1n) is 7.12. The molecular weight excluding hydrogens is 232 g/mol. The standard InChI is InChI=1S/C18H20O/c1-2-13-8-6-7-11-15(13)18(19)17-12-16(17)14-9-4-3-5-10-14/h3-11,16-19H,2,12H2,1H3. The zero-order valence-corrected chi connectivity index (χ0v) is 11.3. The summed E-state index contributed by atoms with van der Waals surface area (Å²) < 4.78 is 0. The van der Waals surface area contributed by atoms with E-state index in [-0.39, 0.29) is 6.10 Å². The minimum Gasteiger partial charge on any atom is -0.388 e. The van der Waals surface area contributed by atoms with E-state index in [1.54, 1.807) is 0 Å². The van der Waals surface area contributed by atoms with Crippen LogP contribution in [0.2, 0.25) is 0 Å². The van der Waals surface area contributed by atoms with E-state index in [0.717, 1.165) is 18.4 Å². The molecule has 98 valence electrons. The second-order valence-corrected chi connectivity index (χ2v) is 5.41. The van der Waals surface area contributed by atoms with Gasteiger partial charge in [0.1, 0.15) is 0 Å². The predicted molar refractivity (Wildman–Crippen MR) is 78.1 cm³/mol. The van der Waals surface area contributed by atoms with Crippen LogP contribution in [0, 0.1) is 5.92 Å². The lowest BCUT2D eigenvalue weighted by molar-refractivity contribution is 0.150. The maximum Gasteiger partial charge on any atom is 0.0826 e. The molecule has 1 nitrogen and oxygen atoms in total. The normalized spacial score (nSPS) is 23.1. The van der Waals surface area contributed by atoms with Gasteiger partial charge in [0.05, 0.1) is 6.10 Å². The highest BCUT2D eigenvalue weighted by atomic mass is 16.3. The van der Waals surface area contributed by atoms with Gasteiger partial charge in [-0.15, -0.1) is 0 Å². The van der Waals surface area contributed by atoms with Crippen LogP contribution in [0.4, 0.5) is 0 Å². The van der Waals surface area contributed by atoms with E-state index in [2.05, 4.69) is 49.4 Å². The third-order valence-corrected chi connectivity index (χ3v) is 4.23. The monoisotopic (exact) mass is 252 g/mol. The van der Waals surface area contributed by atoms with Gasteiger partial charge in [-0.3, -0.25) is 0 Å². The molecule has 0 amide bonds. The molecule has 1 aliphatic carbocycles. The van der Waals surface area contributed by atoms with Gasteiger partial charge in [-0.1, -0.05) is 61.5 Å². The average molecular weight is 252 g/mol. The summed E-state index contributed by atoms with van der Waals surface area (Å²) in [7, 11) is 0. The molecule has 1 aliphatic rings. The topological polar surface area (TPSA) is 20.2 Å². The highest BCUT2D eigenvalue weighted by Gasteiger charge is 2.44. The molecule has 0 aliphatic heterocycles. The summed E-state index contributed by atoms with van der Waals surface area (Å²) in [6.45, 7) is 2.15. The van der Waals surface area contributed by atoms with Crippen LogP contribution in [0.1, 0.15) is 42.1 Å². The summed E-state index contributed by atoms with van der Waals surface area (Å²) in [4.78, 5) is 0. The number of aliphatic hydroxyl groups excluding tert-OH is 1. The first-order valence-corrected chi connectivity index (χ1v) is 7.12. The second kappa shape index (κ2) is 5.18. The molecule has 1 heteroatoms.